The Bertz CT molecular complexity index is 680. The summed E-state index contributed by atoms with van der Waals surface area (Å²) in [6.45, 7) is 4.59. The van der Waals surface area contributed by atoms with E-state index in [0.29, 0.717) is 0 Å². The minimum absolute atomic E-state index is 0.478. The highest BCUT2D eigenvalue weighted by Gasteiger charge is 2.21. The summed E-state index contributed by atoms with van der Waals surface area (Å²) in [4.78, 5) is 0. The Kier molecular flexibility index (Phi) is 13.9. The van der Waals surface area contributed by atoms with Gasteiger partial charge in [0.1, 0.15) is 0 Å². The number of hydrogen-bond acceptors (Lipinski definition) is 1. The monoisotopic (exact) mass is 453 g/mol. The van der Waals surface area contributed by atoms with Gasteiger partial charge in [0, 0.05) is 8.07 Å². The Hall–Kier alpha value is -1.17. The van der Waals surface area contributed by atoms with Gasteiger partial charge in [-0.15, -0.1) is 0 Å². The zero-order valence-electron chi connectivity index (χ0n) is 21.4. The second-order valence-corrected chi connectivity index (χ2v) is 11.8. The van der Waals surface area contributed by atoms with E-state index in [0.717, 1.165) is 0 Å². The van der Waals surface area contributed by atoms with Crippen LogP contribution in [0.2, 0.25) is 0 Å². The van der Waals surface area contributed by atoms with Crippen LogP contribution in [0.5, 0.6) is 0 Å². The summed E-state index contributed by atoms with van der Waals surface area (Å²) >= 11 is 0. The van der Waals surface area contributed by atoms with Gasteiger partial charge in [0.2, 0.25) is 0 Å². The van der Waals surface area contributed by atoms with E-state index < -0.39 is 8.07 Å². The maximum atomic E-state index is 2.48. The lowest BCUT2D eigenvalue weighted by atomic mass is 10.0. The SMILES string of the molecule is CCCCCCCCc1ccccc1P(c1ccccc1CCCCCCCC)N(C)C. The molecule has 0 amide bonds. The van der Waals surface area contributed by atoms with Crippen molar-refractivity contribution in [1.82, 2.24) is 4.67 Å². The number of aryl methyl sites for hydroxylation is 2. The van der Waals surface area contributed by atoms with Crippen molar-refractivity contribution in [2.24, 2.45) is 0 Å². The summed E-state index contributed by atoms with van der Waals surface area (Å²) in [5.74, 6) is 0. The van der Waals surface area contributed by atoms with Crippen molar-refractivity contribution in [3.05, 3.63) is 59.7 Å². The number of rotatable bonds is 17. The molecule has 0 atom stereocenters. The van der Waals surface area contributed by atoms with E-state index in [1.807, 2.05) is 0 Å². The van der Waals surface area contributed by atoms with Gasteiger partial charge in [-0.05, 0) is 61.5 Å². The van der Waals surface area contributed by atoms with Crippen LogP contribution in [-0.4, -0.2) is 18.8 Å². The van der Waals surface area contributed by atoms with Crippen LogP contribution < -0.4 is 10.6 Å². The van der Waals surface area contributed by atoms with Gasteiger partial charge in [-0.2, -0.15) is 0 Å². The van der Waals surface area contributed by atoms with Crippen molar-refractivity contribution in [2.75, 3.05) is 14.1 Å². The van der Waals surface area contributed by atoms with E-state index in [2.05, 4.69) is 81.1 Å². The Morgan fingerprint density at radius 1 is 0.531 bits per heavy atom. The minimum Gasteiger partial charge on any atom is -0.281 e. The molecule has 2 aromatic carbocycles. The summed E-state index contributed by atoms with van der Waals surface area (Å²) in [7, 11) is 4.07. The van der Waals surface area contributed by atoms with Gasteiger partial charge < -0.3 is 0 Å². The van der Waals surface area contributed by atoms with Gasteiger partial charge in [-0.25, -0.2) is 0 Å². The first-order valence-electron chi connectivity index (χ1n) is 13.3. The van der Waals surface area contributed by atoms with Crippen molar-refractivity contribution >= 4 is 18.7 Å². The van der Waals surface area contributed by atoms with Crippen LogP contribution in [0.3, 0.4) is 0 Å². The third-order valence-electron chi connectivity index (χ3n) is 6.44. The molecule has 0 saturated heterocycles. The molecule has 0 aromatic heterocycles. The second-order valence-electron chi connectivity index (χ2n) is 9.45. The molecule has 1 nitrogen and oxygen atoms in total. The molecule has 0 aliphatic heterocycles. The molecule has 2 rings (SSSR count). The average Bonchev–Trinajstić information content (AvgIpc) is 2.80. The largest absolute Gasteiger partial charge is 0.281 e. The number of nitrogens with zero attached hydrogens (tertiary/aromatic N) is 1. The molecule has 0 aliphatic carbocycles. The molecule has 0 fully saturated rings. The van der Waals surface area contributed by atoms with E-state index in [1.165, 1.54) is 89.9 Å². The van der Waals surface area contributed by atoms with E-state index in [-0.39, 0.29) is 0 Å². The fourth-order valence-corrected chi connectivity index (χ4v) is 7.10. The molecule has 0 aliphatic rings. The summed E-state index contributed by atoms with van der Waals surface area (Å²) in [5.41, 5.74) is 3.13. The molecule has 0 bridgehead atoms. The highest BCUT2D eigenvalue weighted by Crippen LogP contribution is 2.38. The zero-order valence-corrected chi connectivity index (χ0v) is 22.3. The summed E-state index contributed by atoms with van der Waals surface area (Å²) in [5, 5.41) is 3.13. The van der Waals surface area contributed by atoms with E-state index in [9.17, 15) is 0 Å². The van der Waals surface area contributed by atoms with Gasteiger partial charge >= 0.3 is 0 Å². The molecular formula is C30H48NP. The van der Waals surface area contributed by atoms with Crippen LogP contribution in [0.25, 0.3) is 0 Å². The molecule has 2 aromatic rings. The maximum absolute atomic E-state index is 2.48. The number of hydrogen-bond donors (Lipinski definition) is 0. The molecule has 178 valence electrons. The molecule has 32 heavy (non-hydrogen) atoms. The van der Waals surface area contributed by atoms with Crippen LogP contribution in [0, 0.1) is 0 Å². The van der Waals surface area contributed by atoms with Crippen LogP contribution in [0.1, 0.15) is 102 Å². The van der Waals surface area contributed by atoms with E-state index in [1.54, 1.807) is 21.7 Å². The van der Waals surface area contributed by atoms with Gasteiger partial charge in [0.25, 0.3) is 0 Å². The number of unbranched alkanes of at least 4 members (excludes halogenated alkanes) is 10. The topological polar surface area (TPSA) is 3.24 Å². The Morgan fingerprint density at radius 2 is 0.906 bits per heavy atom. The van der Waals surface area contributed by atoms with Gasteiger partial charge in [0.15, 0.2) is 0 Å². The van der Waals surface area contributed by atoms with Crippen LogP contribution in [-0.2, 0) is 12.8 Å². The molecule has 0 N–H and O–H groups in total. The van der Waals surface area contributed by atoms with Crippen LogP contribution in [0.4, 0.5) is 0 Å². The first-order chi connectivity index (χ1) is 15.7. The molecule has 2 heteroatoms. The fraction of sp³-hybridized carbons (Fsp3) is 0.600. The van der Waals surface area contributed by atoms with E-state index >= 15 is 0 Å². The van der Waals surface area contributed by atoms with Crippen LogP contribution >= 0.6 is 8.07 Å². The van der Waals surface area contributed by atoms with Crippen molar-refractivity contribution in [2.45, 2.75) is 104 Å². The number of benzene rings is 2. The predicted molar refractivity (Wildman–Crippen MR) is 147 cm³/mol. The predicted octanol–water partition coefficient (Wildman–Crippen LogP) is 8.40. The molecule has 0 saturated carbocycles. The maximum Gasteiger partial charge on any atom is 0.0281 e. The lowest BCUT2D eigenvalue weighted by molar-refractivity contribution is 0.607. The molecular weight excluding hydrogens is 405 g/mol. The van der Waals surface area contributed by atoms with Gasteiger partial charge in [-0.1, -0.05) is 127 Å². The first-order valence-corrected chi connectivity index (χ1v) is 14.6. The molecule has 0 spiro atoms. The van der Waals surface area contributed by atoms with Gasteiger partial charge in [-0.3, -0.25) is 4.67 Å². The summed E-state index contributed by atoms with van der Waals surface area (Å²) < 4.78 is 2.48. The molecule has 0 heterocycles. The van der Waals surface area contributed by atoms with Gasteiger partial charge in [0.05, 0.1) is 0 Å². The highest BCUT2D eigenvalue weighted by atomic mass is 31.1. The minimum atomic E-state index is -0.478. The lowest BCUT2D eigenvalue weighted by Crippen LogP contribution is -2.27. The lowest BCUT2D eigenvalue weighted by Gasteiger charge is -2.29. The first kappa shape index (κ1) is 27.1. The average molecular weight is 454 g/mol. The fourth-order valence-electron chi connectivity index (χ4n) is 4.61. The summed E-state index contributed by atoms with van der Waals surface area (Å²) in [6, 6.07) is 18.5. The Labute approximate surface area is 200 Å². The van der Waals surface area contributed by atoms with Crippen molar-refractivity contribution in [1.29, 1.82) is 0 Å². The van der Waals surface area contributed by atoms with Crippen molar-refractivity contribution in [3.63, 3.8) is 0 Å². The normalized spacial score (nSPS) is 11.6. The van der Waals surface area contributed by atoms with Crippen LogP contribution in [0.15, 0.2) is 48.5 Å². The molecule has 0 unspecified atom stereocenters. The van der Waals surface area contributed by atoms with Crippen molar-refractivity contribution in [3.8, 4) is 0 Å². The summed E-state index contributed by atoms with van der Waals surface area (Å²) in [6.07, 6.45) is 18.8. The zero-order chi connectivity index (χ0) is 23.0. The quantitative estimate of drug-likeness (QED) is 0.172. The molecule has 0 radical (unpaired) electrons. The third kappa shape index (κ3) is 9.36. The Balaban J connectivity index is 2.10. The van der Waals surface area contributed by atoms with Crippen molar-refractivity contribution < 1.29 is 0 Å². The second kappa shape index (κ2) is 16.4. The Morgan fingerprint density at radius 3 is 1.31 bits per heavy atom. The smallest absolute Gasteiger partial charge is 0.0281 e. The highest BCUT2D eigenvalue weighted by molar-refractivity contribution is 7.71. The standard InChI is InChI=1S/C30H48NP/c1-5-7-9-11-13-15-21-27-23-17-19-25-29(27)32(31(3)4)30-26-20-18-24-28(30)22-16-14-12-10-8-6-2/h17-20,23-26H,5-16,21-22H2,1-4H3. The third-order valence-corrected chi connectivity index (χ3v) is 9.02. The van der Waals surface area contributed by atoms with E-state index in [4.69, 9.17) is 0 Å².